The molecule has 6 nitrogen and oxygen atoms in total. The molecule has 0 saturated heterocycles. The lowest BCUT2D eigenvalue weighted by atomic mass is 10.2. The molecule has 0 saturated carbocycles. The number of carbonyl (C=O) groups is 2. The third-order valence-corrected chi connectivity index (χ3v) is 3.99. The quantitative estimate of drug-likeness (QED) is 0.289. The second-order valence-electron chi connectivity index (χ2n) is 5.67. The highest BCUT2D eigenvalue weighted by Crippen LogP contribution is 2.25. The third-order valence-electron chi connectivity index (χ3n) is 3.37. The molecular weight excluding hydrogens is 410 g/mol. The zero-order valence-electron chi connectivity index (χ0n) is 14.9. The number of rotatable bonds is 8. The van der Waals surface area contributed by atoms with E-state index in [1.165, 1.54) is 6.21 Å². The summed E-state index contributed by atoms with van der Waals surface area (Å²) in [7, 11) is 0. The Hall–Kier alpha value is -2.93. The van der Waals surface area contributed by atoms with Crippen molar-refractivity contribution in [2.45, 2.75) is 13.3 Å². The first-order valence-electron chi connectivity index (χ1n) is 8.19. The minimum absolute atomic E-state index is 0.316. The number of ether oxygens (including phenoxy) is 1. The van der Waals surface area contributed by atoms with E-state index in [0.717, 1.165) is 15.6 Å². The Bertz CT molecular complexity index is 848. The van der Waals surface area contributed by atoms with Crippen molar-refractivity contribution in [1.82, 2.24) is 5.43 Å². The molecule has 7 heteroatoms. The molecule has 0 atom stereocenters. The molecule has 0 spiro atoms. The number of hydrazone groups is 1. The van der Waals surface area contributed by atoms with Gasteiger partial charge in [0.25, 0.3) is 0 Å². The fraction of sp³-hybridized carbons (Fsp3) is 0.150. The smallest absolute Gasteiger partial charge is 0.249 e. The first-order valence-corrected chi connectivity index (χ1v) is 8.99. The molecule has 0 aliphatic carbocycles. The highest BCUT2D eigenvalue weighted by molar-refractivity contribution is 9.10. The highest BCUT2D eigenvalue weighted by Gasteiger charge is 2.09. The van der Waals surface area contributed by atoms with Gasteiger partial charge in [0.15, 0.2) is 0 Å². The van der Waals surface area contributed by atoms with Crippen LogP contribution in [-0.2, 0) is 9.59 Å². The molecule has 0 radical (unpaired) electrons. The maximum absolute atomic E-state index is 11.9. The van der Waals surface area contributed by atoms with Crippen LogP contribution in [-0.4, -0.2) is 24.6 Å². The fourth-order valence-corrected chi connectivity index (χ4v) is 2.58. The summed E-state index contributed by atoms with van der Waals surface area (Å²) in [5, 5.41) is 6.52. The standard InChI is InChI=1S/C20H20BrN3O3/c1-3-10-27-18-9-6-15(11-17(18)21)13-22-24-20(26)12-19(25)23-16-7-4-14(2)5-8-16/h3-9,11,13H,1,10,12H2,2H3,(H,23,25)(H,24,26). The van der Waals surface area contributed by atoms with Gasteiger partial charge >= 0.3 is 0 Å². The lowest BCUT2D eigenvalue weighted by Gasteiger charge is -2.06. The van der Waals surface area contributed by atoms with Gasteiger partial charge in [0.1, 0.15) is 18.8 Å². The largest absolute Gasteiger partial charge is 0.488 e. The third kappa shape index (κ3) is 7.07. The van der Waals surface area contributed by atoms with Crippen LogP contribution >= 0.6 is 15.9 Å². The predicted octanol–water partition coefficient (Wildman–Crippen LogP) is 3.80. The van der Waals surface area contributed by atoms with E-state index in [1.54, 1.807) is 36.4 Å². The Morgan fingerprint density at radius 2 is 1.93 bits per heavy atom. The van der Waals surface area contributed by atoms with Crippen LogP contribution in [0.15, 0.2) is 64.7 Å². The molecule has 0 unspecified atom stereocenters. The first-order chi connectivity index (χ1) is 13.0. The van der Waals surface area contributed by atoms with Crippen LogP contribution in [0.3, 0.4) is 0 Å². The highest BCUT2D eigenvalue weighted by atomic mass is 79.9. The number of nitrogens with zero attached hydrogens (tertiary/aromatic N) is 1. The van der Waals surface area contributed by atoms with Crippen LogP contribution < -0.4 is 15.5 Å². The maximum Gasteiger partial charge on any atom is 0.249 e. The van der Waals surface area contributed by atoms with Crippen LogP contribution in [0, 0.1) is 6.92 Å². The minimum atomic E-state index is -0.499. The Labute approximate surface area is 166 Å². The van der Waals surface area contributed by atoms with Crippen LogP contribution in [0.1, 0.15) is 17.5 Å². The van der Waals surface area contributed by atoms with E-state index in [2.05, 4.69) is 38.4 Å². The molecule has 2 aromatic carbocycles. The number of aryl methyl sites for hydroxylation is 1. The van der Waals surface area contributed by atoms with Gasteiger partial charge in [0.2, 0.25) is 11.8 Å². The zero-order valence-corrected chi connectivity index (χ0v) is 16.5. The fourth-order valence-electron chi connectivity index (χ4n) is 2.07. The van der Waals surface area contributed by atoms with Gasteiger partial charge in [-0.25, -0.2) is 5.43 Å². The number of benzene rings is 2. The number of hydrogen-bond acceptors (Lipinski definition) is 4. The van der Waals surface area contributed by atoms with Gasteiger partial charge in [-0.1, -0.05) is 30.4 Å². The molecule has 2 N–H and O–H groups in total. The average molecular weight is 430 g/mol. The van der Waals surface area contributed by atoms with Crippen molar-refractivity contribution in [3.05, 3.63) is 70.7 Å². The molecule has 0 aliphatic rings. The Balaban J connectivity index is 1.82. The van der Waals surface area contributed by atoms with Crippen LogP contribution in [0.5, 0.6) is 5.75 Å². The molecule has 0 bridgehead atoms. The number of anilines is 1. The van der Waals surface area contributed by atoms with Crippen molar-refractivity contribution in [1.29, 1.82) is 0 Å². The summed E-state index contributed by atoms with van der Waals surface area (Å²) in [5.41, 5.74) is 4.83. The van der Waals surface area contributed by atoms with E-state index in [9.17, 15) is 9.59 Å². The predicted molar refractivity (Wildman–Crippen MR) is 110 cm³/mol. The molecule has 27 heavy (non-hydrogen) atoms. The van der Waals surface area contributed by atoms with Crippen molar-refractivity contribution in [3.63, 3.8) is 0 Å². The zero-order chi connectivity index (χ0) is 19.6. The minimum Gasteiger partial charge on any atom is -0.488 e. The van der Waals surface area contributed by atoms with E-state index in [0.29, 0.717) is 18.0 Å². The van der Waals surface area contributed by atoms with E-state index in [1.807, 2.05) is 19.1 Å². The average Bonchev–Trinajstić information content (AvgIpc) is 2.63. The summed E-state index contributed by atoms with van der Waals surface area (Å²) < 4.78 is 6.22. The summed E-state index contributed by atoms with van der Waals surface area (Å²) in [6.45, 7) is 5.96. The molecule has 140 valence electrons. The second kappa shape index (κ2) is 10.3. The lowest BCUT2D eigenvalue weighted by molar-refractivity contribution is -0.126. The summed E-state index contributed by atoms with van der Waals surface area (Å²) in [5.74, 6) is -0.220. The van der Waals surface area contributed by atoms with Crippen molar-refractivity contribution >= 4 is 39.6 Å². The number of hydrogen-bond donors (Lipinski definition) is 2. The van der Waals surface area contributed by atoms with Gasteiger partial charge in [0, 0.05) is 5.69 Å². The van der Waals surface area contributed by atoms with Crippen LogP contribution in [0.2, 0.25) is 0 Å². The molecule has 0 aliphatic heterocycles. The molecule has 2 aromatic rings. The monoisotopic (exact) mass is 429 g/mol. The van der Waals surface area contributed by atoms with Gasteiger partial charge in [-0.05, 0) is 58.7 Å². The Morgan fingerprint density at radius 3 is 2.59 bits per heavy atom. The number of halogens is 1. The van der Waals surface area contributed by atoms with Gasteiger partial charge in [-0.15, -0.1) is 0 Å². The van der Waals surface area contributed by atoms with Crippen molar-refractivity contribution in [2.24, 2.45) is 5.10 Å². The lowest BCUT2D eigenvalue weighted by Crippen LogP contribution is -2.24. The van der Waals surface area contributed by atoms with Crippen LogP contribution in [0.25, 0.3) is 0 Å². The van der Waals surface area contributed by atoms with Gasteiger partial charge in [-0.3, -0.25) is 9.59 Å². The van der Waals surface area contributed by atoms with E-state index < -0.39 is 11.8 Å². The van der Waals surface area contributed by atoms with Crippen molar-refractivity contribution in [2.75, 3.05) is 11.9 Å². The maximum atomic E-state index is 11.9. The first kappa shape index (κ1) is 20.4. The molecule has 0 heterocycles. The Kier molecular flexibility index (Phi) is 7.76. The number of nitrogens with one attached hydrogen (secondary N) is 2. The van der Waals surface area contributed by atoms with Gasteiger partial charge in [-0.2, -0.15) is 5.10 Å². The van der Waals surface area contributed by atoms with Gasteiger partial charge in [0.05, 0.1) is 10.7 Å². The summed E-state index contributed by atoms with van der Waals surface area (Å²) in [6, 6.07) is 12.7. The molecule has 2 rings (SSSR count). The van der Waals surface area contributed by atoms with Crippen LogP contribution in [0.4, 0.5) is 5.69 Å². The van der Waals surface area contributed by atoms with Crippen molar-refractivity contribution < 1.29 is 14.3 Å². The summed E-state index contributed by atoms with van der Waals surface area (Å²) >= 11 is 3.41. The summed E-state index contributed by atoms with van der Waals surface area (Å²) in [6.07, 6.45) is 2.83. The topological polar surface area (TPSA) is 79.8 Å². The number of amides is 2. The molecule has 0 fully saturated rings. The normalized spacial score (nSPS) is 10.4. The van der Waals surface area contributed by atoms with E-state index in [4.69, 9.17) is 4.74 Å². The van der Waals surface area contributed by atoms with Crippen molar-refractivity contribution in [3.8, 4) is 5.75 Å². The van der Waals surface area contributed by atoms with E-state index in [-0.39, 0.29) is 6.42 Å². The van der Waals surface area contributed by atoms with E-state index >= 15 is 0 Å². The molecular formula is C20H20BrN3O3. The molecule has 0 aromatic heterocycles. The molecule has 2 amide bonds. The summed E-state index contributed by atoms with van der Waals surface area (Å²) in [4.78, 5) is 23.7. The van der Waals surface area contributed by atoms with Gasteiger partial charge < -0.3 is 10.1 Å². The second-order valence-corrected chi connectivity index (χ2v) is 6.53. The Morgan fingerprint density at radius 1 is 1.19 bits per heavy atom. The number of carbonyl (C=O) groups excluding carboxylic acids is 2. The SMILES string of the molecule is C=CCOc1ccc(C=NNC(=O)CC(=O)Nc2ccc(C)cc2)cc1Br.